The van der Waals surface area contributed by atoms with Crippen LogP contribution in [0.5, 0.6) is 0 Å². The van der Waals surface area contributed by atoms with E-state index in [0.717, 1.165) is 0 Å². The van der Waals surface area contributed by atoms with E-state index >= 15 is 0 Å². The Morgan fingerprint density at radius 2 is 1.67 bits per heavy atom. The van der Waals surface area contributed by atoms with Gasteiger partial charge in [0.05, 0.1) is 0 Å². The Morgan fingerprint density at radius 3 is 1.78 bits per heavy atom. The second-order valence-electron chi connectivity index (χ2n) is 0.939. The van der Waals surface area contributed by atoms with E-state index in [4.69, 9.17) is 34.8 Å². The van der Waals surface area contributed by atoms with E-state index in [1.165, 1.54) is 0 Å². The summed E-state index contributed by atoms with van der Waals surface area (Å²) in [4.78, 5) is 10.2. The zero-order valence-corrected chi connectivity index (χ0v) is 6.85. The van der Waals surface area contributed by atoms with Gasteiger partial charge in [0.2, 0.25) is 0 Å². The van der Waals surface area contributed by atoms with Crippen LogP contribution in [-0.4, -0.2) is 5.97 Å². The molecule has 0 saturated heterocycles. The van der Waals surface area contributed by atoms with E-state index < -0.39 is 11.0 Å². The number of halogens is 4. The lowest BCUT2D eigenvalue weighted by Crippen LogP contribution is -1.95. The van der Waals surface area contributed by atoms with Crippen molar-refractivity contribution in [3.05, 3.63) is 9.52 Å². The maximum absolute atomic E-state index is 10.2. The van der Waals surface area contributed by atoms with Gasteiger partial charge in [-0.05, 0) is 0 Å². The largest absolute Gasteiger partial charge is 0.370 e. The summed E-state index contributed by atoms with van der Waals surface area (Å²) in [6, 6.07) is 0. The molecule has 0 bridgehead atoms. The molecule has 0 aromatic heterocycles. The highest BCUT2D eigenvalue weighted by atomic mass is 35.5. The predicted molar refractivity (Wildman–Crippen MR) is 36.5 cm³/mol. The van der Waals surface area contributed by atoms with Crippen LogP contribution in [0, 0.1) is 0 Å². The first-order valence-electron chi connectivity index (χ1n) is 1.63. The van der Waals surface area contributed by atoms with E-state index in [1.807, 2.05) is 0 Å². The van der Waals surface area contributed by atoms with Gasteiger partial charge in [-0.1, -0.05) is 34.8 Å². The number of carbonyl (C=O) groups is 1. The van der Waals surface area contributed by atoms with E-state index in [2.05, 4.69) is 16.2 Å². The third-order valence-electron chi connectivity index (χ3n) is 0.415. The fraction of sp³-hybridized carbons (Fsp3) is 0. The highest BCUT2D eigenvalue weighted by molar-refractivity contribution is 6.62. The average Bonchev–Trinajstić information content (AvgIpc) is 1.84. The lowest BCUT2D eigenvalue weighted by molar-refractivity contribution is -0.129. The summed E-state index contributed by atoms with van der Waals surface area (Å²) in [5.41, 5.74) is 0. The van der Waals surface area contributed by atoms with Gasteiger partial charge in [0.15, 0.2) is 5.03 Å². The lowest BCUT2D eigenvalue weighted by atomic mass is 10.7. The summed E-state index contributed by atoms with van der Waals surface area (Å²) in [5, 5.41) is -0.437. The van der Waals surface area contributed by atoms with Gasteiger partial charge in [0.1, 0.15) is 16.4 Å². The van der Waals surface area contributed by atoms with Crippen molar-refractivity contribution in [2.75, 3.05) is 0 Å². The number of rotatable bonds is 1. The lowest BCUT2D eigenvalue weighted by Gasteiger charge is -1.90. The molecule has 9 heavy (non-hydrogen) atoms. The minimum absolute atomic E-state index is 0.373. The smallest absolute Gasteiger partial charge is 0.342 e. The molecule has 0 aliphatic rings. The van der Waals surface area contributed by atoms with Crippen LogP contribution in [0.2, 0.25) is 0 Å². The molecule has 0 unspecified atom stereocenters. The zero-order valence-electron chi connectivity index (χ0n) is 3.83. The Hall–Kier alpha value is 0.370. The van der Waals surface area contributed by atoms with Gasteiger partial charge in [-0.15, -0.1) is 0 Å². The first-order valence-corrected chi connectivity index (χ1v) is 3.07. The molecule has 0 radical (unpaired) electrons. The van der Waals surface area contributed by atoms with E-state index in [0.29, 0.717) is 0 Å². The zero-order chi connectivity index (χ0) is 7.44. The molecule has 2 nitrogen and oxygen atoms in total. The molecule has 0 rings (SSSR count). The predicted octanol–water partition coefficient (Wildman–Crippen LogP) is 2.57. The molecule has 0 saturated carbocycles. The molecule has 0 N–H and O–H groups in total. The first kappa shape index (κ1) is 9.37. The van der Waals surface area contributed by atoms with E-state index in [1.54, 1.807) is 0 Å². The Labute approximate surface area is 71.4 Å². The van der Waals surface area contributed by atoms with E-state index in [9.17, 15) is 4.79 Å². The minimum Gasteiger partial charge on any atom is -0.342 e. The summed E-state index contributed by atoms with van der Waals surface area (Å²) in [6.45, 7) is 0. The van der Waals surface area contributed by atoms with Crippen LogP contribution in [0.3, 0.4) is 0 Å². The monoisotopic (exact) mass is 208 g/mol. The van der Waals surface area contributed by atoms with Crippen LogP contribution in [0.4, 0.5) is 0 Å². The molecule has 0 aromatic rings. The van der Waals surface area contributed by atoms with Crippen LogP contribution in [0.25, 0.3) is 0 Å². The van der Waals surface area contributed by atoms with Gasteiger partial charge in [0.25, 0.3) is 0 Å². The number of carbonyl (C=O) groups excluding carboxylic acids is 1. The minimum atomic E-state index is -0.974. The Balaban J connectivity index is 4.21. The summed E-state index contributed by atoms with van der Waals surface area (Å²) in [6.07, 6.45) is 0. The summed E-state index contributed by atoms with van der Waals surface area (Å²) in [7, 11) is 0. The van der Waals surface area contributed by atoms with Crippen molar-refractivity contribution in [3.8, 4) is 0 Å². The van der Waals surface area contributed by atoms with E-state index in [-0.39, 0.29) is 4.49 Å². The second kappa shape index (κ2) is 4.23. The Bertz CT molecular complexity index is 148. The van der Waals surface area contributed by atoms with Gasteiger partial charge < -0.3 is 4.29 Å². The molecule has 0 aliphatic carbocycles. The third-order valence-corrected chi connectivity index (χ3v) is 1.47. The van der Waals surface area contributed by atoms with Crippen molar-refractivity contribution in [1.82, 2.24) is 0 Å². The van der Waals surface area contributed by atoms with Crippen LogP contribution in [0.1, 0.15) is 0 Å². The van der Waals surface area contributed by atoms with Crippen molar-refractivity contribution >= 4 is 52.6 Å². The van der Waals surface area contributed by atoms with Crippen molar-refractivity contribution < 1.29 is 9.08 Å². The Morgan fingerprint density at radius 1 is 1.22 bits per heavy atom. The maximum Gasteiger partial charge on any atom is 0.370 e. The van der Waals surface area contributed by atoms with Crippen molar-refractivity contribution in [1.29, 1.82) is 0 Å². The molecule has 0 fully saturated rings. The van der Waals surface area contributed by atoms with Gasteiger partial charge in [-0.2, -0.15) is 0 Å². The fourth-order valence-electron chi connectivity index (χ4n) is 0.111. The Kier molecular flexibility index (Phi) is 4.40. The third kappa shape index (κ3) is 3.16. The van der Waals surface area contributed by atoms with Crippen molar-refractivity contribution in [2.24, 2.45) is 0 Å². The summed E-state index contributed by atoms with van der Waals surface area (Å²) < 4.78 is 3.28. The fourth-order valence-corrected chi connectivity index (χ4v) is 0.421. The molecule has 0 aliphatic heterocycles. The topological polar surface area (TPSA) is 26.3 Å². The van der Waals surface area contributed by atoms with Gasteiger partial charge in [-0.3, -0.25) is 0 Å². The highest BCUT2D eigenvalue weighted by Gasteiger charge is 2.10. The van der Waals surface area contributed by atoms with Gasteiger partial charge in [0, 0.05) is 0 Å². The van der Waals surface area contributed by atoms with Gasteiger partial charge in [-0.25, -0.2) is 4.79 Å². The van der Waals surface area contributed by atoms with Crippen molar-refractivity contribution in [2.45, 2.75) is 0 Å². The normalized spacial score (nSPS) is 8.44. The number of hydrogen-bond acceptors (Lipinski definition) is 2. The van der Waals surface area contributed by atoms with Crippen LogP contribution in [-0.2, 0) is 9.08 Å². The number of hydrogen-bond donors (Lipinski definition) is 0. The van der Waals surface area contributed by atoms with Crippen molar-refractivity contribution in [3.63, 3.8) is 0 Å². The molecule has 6 heteroatoms. The molecule has 0 amide bonds. The standard InChI is InChI=1S/C3Cl4O2/c4-1(2(5)6)3(8)9-7. The molecule has 0 spiro atoms. The summed E-state index contributed by atoms with van der Waals surface area (Å²) >= 11 is 19.8. The summed E-state index contributed by atoms with van der Waals surface area (Å²) in [5.74, 6) is -0.974. The quantitative estimate of drug-likeness (QED) is 0.621. The maximum atomic E-state index is 10.2. The van der Waals surface area contributed by atoms with Crippen LogP contribution in [0.15, 0.2) is 9.52 Å². The van der Waals surface area contributed by atoms with Crippen LogP contribution < -0.4 is 0 Å². The highest BCUT2D eigenvalue weighted by Crippen LogP contribution is 2.18. The second-order valence-corrected chi connectivity index (χ2v) is 2.42. The van der Waals surface area contributed by atoms with Gasteiger partial charge >= 0.3 is 5.97 Å². The van der Waals surface area contributed by atoms with Crippen LogP contribution >= 0.6 is 46.7 Å². The molecular weight excluding hydrogens is 210 g/mol. The molecule has 0 aromatic carbocycles. The molecule has 52 valence electrons. The average molecular weight is 210 g/mol. The SMILES string of the molecule is O=C(OCl)C(Cl)=C(Cl)Cl. The molecule has 0 heterocycles. The molecular formula is C3Cl4O2. The molecule has 0 atom stereocenters. The first-order chi connectivity index (χ1) is 4.09.